The fourth-order valence-corrected chi connectivity index (χ4v) is 2.09. The van der Waals surface area contributed by atoms with Gasteiger partial charge in [-0.25, -0.2) is 4.68 Å². The van der Waals surface area contributed by atoms with Crippen LogP contribution in [0.4, 0.5) is 0 Å². The Balaban J connectivity index is 1.56. The Morgan fingerprint density at radius 2 is 2.25 bits per heavy atom. The van der Waals surface area contributed by atoms with Crippen molar-refractivity contribution < 1.29 is 14.6 Å². The quantitative estimate of drug-likeness (QED) is 0.789. The lowest BCUT2D eigenvalue weighted by atomic mass is 10.2. The lowest BCUT2D eigenvalue weighted by Crippen LogP contribution is -2.13. The number of aromatic nitrogens is 3. The first-order chi connectivity index (χ1) is 9.86. The van der Waals surface area contributed by atoms with Crippen molar-refractivity contribution in [2.75, 3.05) is 13.4 Å². The van der Waals surface area contributed by atoms with Crippen LogP contribution in [-0.2, 0) is 19.6 Å². The molecule has 2 heterocycles. The molecule has 0 aliphatic carbocycles. The van der Waals surface area contributed by atoms with Crippen molar-refractivity contribution in [1.82, 2.24) is 20.3 Å². The molecule has 20 heavy (non-hydrogen) atoms. The van der Waals surface area contributed by atoms with Crippen LogP contribution in [0.1, 0.15) is 11.3 Å². The lowest BCUT2D eigenvalue weighted by Gasteiger charge is -2.06. The second-order valence-electron chi connectivity index (χ2n) is 4.45. The van der Waals surface area contributed by atoms with E-state index in [1.807, 2.05) is 24.4 Å². The minimum Gasteiger partial charge on any atom is -0.454 e. The van der Waals surface area contributed by atoms with Gasteiger partial charge in [-0.2, -0.15) is 0 Å². The van der Waals surface area contributed by atoms with E-state index in [0.29, 0.717) is 19.6 Å². The van der Waals surface area contributed by atoms with Crippen LogP contribution in [-0.4, -0.2) is 33.5 Å². The van der Waals surface area contributed by atoms with Gasteiger partial charge in [-0.05, 0) is 6.07 Å². The van der Waals surface area contributed by atoms with Crippen molar-refractivity contribution in [3.63, 3.8) is 0 Å². The zero-order valence-electron chi connectivity index (χ0n) is 11.0. The monoisotopic (exact) mass is 276 g/mol. The summed E-state index contributed by atoms with van der Waals surface area (Å²) in [5, 5.41) is 20.0. The van der Waals surface area contributed by atoms with Gasteiger partial charge in [0.05, 0.1) is 18.8 Å². The van der Waals surface area contributed by atoms with Gasteiger partial charge in [0, 0.05) is 24.8 Å². The van der Waals surface area contributed by atoms with Gasteiger partial charge in [0.2, 0.25) is 6.79 Å². The Bertz CT molecular complexity index is 585. The number of ether oxygens (including phenoxy) is 2. The summed E-state index contributed by atoms with van der Waals surface area (Å²) in [6.07, 6.45) is 1.82. The van der Waals surface area contributed by atoms with E-state index in [0.717, 1.165) is 22.8 Å². The van der Waals surface area contributed by atoms with Gasteiger partial charge in [-0.1, -0.05) is 17.3 Å². The van der Waals surface area contributed by atoms with Crippen LogP contribution in [0.25, 0.3) is 0 Å². The number of rotatable bonds is 6. The number of hydrogen-bond acceptors (Lipinski definition) is 6. The average Bonchev–Trinajstić information content (AvgIpc) is 3.08. The normalized spacial score (nSPS) is 12.8. The van der Waals surface area contributed by atoms with Crippen LogP contribution in [0.3, 0.4) is 0 Å². The summed E-state index contributed by atoms with van der Waals surface area (Å²) in [4.78, 5) is 0. The number of aliphatic hydroxyl groups excluding tert-OH is 1. The zero-order valence-corrected chi connectivity index (χ0v) is 11.0. The molecule has 0 amide bonds. The third kappa shape index (κ3) is 2.73. The molecule has 0 saturated heterocycles. The highest BCUT2D eigenvalue weighted by Gasteiger charge is 2.16. The molecule has 2 aromatic rings. The van der Waals surface area contributed by atoms with Crippen molar-refractivity contribution in [1.29, 1.82) is 0 Å². The Morgan fingerprint density at radius 1 is 1.30 bits per heavy atom. The van der Waals surface area contributed by atoms with E-state index in [-0.39, 0.29) is 13.4 Å². The van der Waals surface area contributed by atoms with Crippen molar-refractivity contribution >= 4 is 0 Å². The number of para-hydroxylation sites is 1. The van der Waals surface area contributed by atoms with E-state index in [1.54, 1.807) is 4.68 Å². The molecule has 3 rings (SSSR count). The summed E-state index contributed by atoms with van der Waals surface area (Å²) >= 11 is 0. The average molecular weight is 276 g/mol. The molecule has 0 saturated carbocycles. The third-order valence-electron chi connectivity index (χ3n) is 3.01. The minimum absolute atomic E-state index is 0.0592. The van der Waals surface area contributed by atoms with Gasteiger partial charge in [0.1, 0.15) is 0 Å². The number of nitrogens with zero attached hydrogens (tertiary/aromatic N) is 3. The van der Waals surface area contributed by atoms with Crippen LogP contribution >= 0.6 is 0 Å². The van der Waals surface area contributed by atoms with E-state index in [2.05, 4.69) is 15.6 Å². The fourth-order valence-electron chi connectivity index (χ4n) is 2.09. The number of nitrogens with one attached hydrogen (secondary N) is 1. The molecule has 0 radical (unpaired) electrons. The molecule has 2 N–H and O–H groups in total. The van der Waals surface area contributed by atoms with Crippen LogP contribution in [0.15, 0.2) is 24.4 Å². The van der Waals surface area contributed by atoms with Crippen molar-refractivity contribution in [2.45, 2.75) is 19.6 Å². The Labute approximate surface area is 116 Å². The topological polar surface area (TPSA) is 81.4 Å². The maximum atomic E-state index is 8.81. The standard InChI is InChI=1S/C13H16N4O3/c18-5-4-17-8-11(15-16-17)7-14-6-10-2-1-3-12-13(10)20-9-19-12/h1-3,8,14,18H,4-7,9H2. The molecule has 7 nitrogen and oxygen atoms in total. The molecule has 0 bridgehead atoms. The summed E-state index contributed by atoms with van der Waals surface area (Å²) in [7, 11) is 0. The highest BCUT2D eigenvalue weighted by atomic mass is 16.7. The Kier molecular flexibility index (Phi) is 3.80. The first-order valence-electron chi connectivity index (χ1n) is 6.45. The smallest absolute Gasteiger partial charge is 0.231 e. The molecule has 106 valence electrons. The number of fused-ring (bicyclic) bond motifs is 1. The summed E-state index contributed by atoms with van der Waals surface area (Å²) < 4.78 is 12.4. The van der Waals surface area contributed by atoms with E-state index < -0.39 is 0 Å². The van der Waals surface area contributed by atoms with Gasteiger partial charge in [-0.3, -0.25) is 0 Å². The molecule has 1 aromatic heterocycles. The summed E-state index contributed by atoms with van der Waals surface area (Å²) in [6.45, 7) is 2.07. The first-order valence-corrected chi connectivity index (χ1v) is 6.45. The predicted molar refractivity (Wildman–Crippen MR) is 70.2 cm³/mol. The maximum absolute atomic E-state index is 8.81. The molecule has 0 spiro atoms. The van der Waals surface area contributed by atoms with Gasteiger partial charge in [0.25, 0.3) is 0 Å². The Morgan fingerprint density at radius 3 is 3.15 bits per heavy atom. The minimum atomic E-state index is 0.0592. The highest BCUT2D eigenvalue weighted by Crippen LogP contribution is 2.35. The number of hydrogen-bond donors (Lipinski definition) is 2. The van der Waals surface area contributed by atoms with Gasteiger partial charge in [-0.15, -0.1) is 5.10 Å². The Hall–Kier alpha value is -2.12. The lowest BCUT2D eigenvalue weighted by molar-refractivity contribution is 0.173. The molecule has 0 unspecified atom stereocenters. The predicted octanol–water partition coefficient (Wildman–Crippen LogP) is 0.289. The molecule has 0 atom stereocenters. The van der Waals surface area contributed by atoms with Crippen molar-refractivity contribution in [3.05, 3.63) is 35.7 Å². The molecule has 1 aliphatic heterocycles. The summed E-state index contributed by atoms with van der Waals surface area (Å²) in [5.41, 5.74) is 1.89. The summed E-state index contributed by atoms with van der Waals surface area (Å²) in [6, 6.07) is 5.84. The van der Waals surface area contributed by atoms with Crippen LogP contribution in [0.5, 0.6) is 11.5 Å². The van der Waals surface area contributed by atoms with Gasteiger partial charge < -0.3 is 19.9 Å². The molecule has 0 fully saturated rings. The molecule has 1 aromatic carbocycles. The second-order valence-corrected chi connectivity index (χ2v) is 4.45. The van der Waals surface area contributed by atoms with Crippen molar-refractivity contribution in [3.8, 4) is 11.5 Å². The highest BCUT2D eigenvalue weighted by molar-refractivity contribution is 5.48. The van der Waals surface area contributed by atoms with E-state index in [9.17, 15) is 0 Å². The maximum Gasteiger partial charge on any atom is 0.231 e. The molecule has 1 aliphatic rings. The van der Waals surface area contributed by atoms with E-state index in [4.69, 9.17) is 14.6 Å². The second kappa shape index (κ2) is 5.89. The van der Waals surface area contributed by atoms with E-state index >= 15 is 0 Å². The van der Waals surface area contributed by atoms with E-state index in [1.165, 1.54) is 0 Å². The zero-order chi connectivity index (χ0) is 13.8. The number of aliphatic hydroxyl groups is 1. The third-order valence-corrected chi connectivity index (χ3v) is 3.01. The molecular formula is C13H16N4O3. The molecular weight excluding hydrogens is 260 g/mol. The first kappa shape index (κ1) is 12.9. The van der Waals surface area contributed by atoms with Crippen LogP contribution < -0.4 is 14.8 Å². The van der Waals surface area contributed by atoms with Crippen LogP contribution in [0, 0.1) is 0 Å². The SMILES string of the molecule is OCCn1cc(CNCc2cccc3c2OCO3)nn1. The largest absolute Gasteiger partial charge is 0.454 e. The van der Waals surface area contributed by atoms with Gasteiger partial charge in [0.15, 0.2) is 11.5 Å². The van der Waals surface area contributed by atoms with Crippen molar-refractivity contribution in [2.24, 2.45) is 0 Å². The van der Waals surface area contributed by atoms with Crippen LogP contribution in [0.2, 0.25) is 0 Å². The molecule has 7 heteroatoms. The van der Waals surface area contributed by atoms with Gasteiger partial charge >= 0.3 is 0 Å². The number of benzene rings is 1. The summed E-state index contributed by atoms with van der Waals surface area (Å²) in [5.74, 6) is 1.60. The fraction of sp³-hybridized carbons (Fsp3) is 0.385.